The van der Waals surface area contributed by atoms with Crippen LogP contribution in [0.4, 0.5) is 5.69 Å². The van der Waals surface area contributed by atoms with Gasteiger partial charge in [-0.1, -0.05) is 37.3 Å². The number of carbonyl (C=O) groups excluding carboxylic acids is 1. The quantitative estimate of drug-likeness (QED) is 0.917. The summed E-state index contributed by atoms with van der Waals surface area (Å²) in [6, 6.07) is 16.2. The van der Waals surface area contributed by atoms with E-state index in [2.05, 4.69) is 41.4 Å². The molecule has 24 heavy (non-hydrogen) atoms. The van der Waals surface area contributed by atoms with Crippen molar-refractivity contribution in [2.24, 2.45) is 0 Å². The van der Waals surface area contributed by atoms with Gasteiger partial charge in [-0.3, -0.25) is 4.79 Å². The van der Waals surface area contributed by atoms with E-state index in [-0.39, 0.29) is 5.91 Å². The molecule has 1 amide bonds. The molecule has 0 aliphatic carbocycles. The Labute approximate surface area is 143 Å². The summed E-state index contributed by atoms with van der Waals surface area (Å²) in [5, 5.41) is 2.96. The minimum absolute atomic E-state index is 0.00953. The van der Waals surface area contributed by atoms with Crippen molar-refractivity contribution in [2.75, 3.05) is 37.7 Å². The molecule has 0 radical (unpaired) electrons. The Morgan fingerprint density at radius 3 is 2.50 bits per heavy atom. The van der Waals surface area contributed by atoms with Crippen LogP contribution in [0.15, 0.2) is 48.5 Å². The van der Waals surface area contributed by atoms with E-state index in [1.807, 2.05) is 24.3 Å². The van der Waals surface area contributed by atoms with Crippen LogP contribution in [-0.4, -0.2) is 38.8 Å². The lowest BCUT2D eigenvalue weighted by Gasteiger charge is -2.29. The first-order valence-corrected chi connectivity index (χ1v) is 8.60. The number of benzene rings is 2. The summed E-state index contributed by atoms with van der Waals surface area (Å²) in [4.78, 5) is 14.7. The largest absolute Gasteiger partial charge is 0.378 e. The summed E-state index contributed by atoms with van der Waals surface area (Å²) in [6.45, 7) is 6.16. The zero-order valence-electron chi connectivity index (χ0n) is 14.1. The van der Waals surface area contributed by atoms with Gasteiger partial charge < -0.3 is 15.0 Å². The van der Waals surface area contributed by atoms with E-state index >= 15 is 0 Å². The Balaban J connectivity index is 1.82. The van der Waals surface area contributed by atoms with E-state index in [0.29, 0.717) is 6.54 Å². The maximum absolute atomic E-state index is 12.4. The minimum Gasteiger partial charge on any atom is -0.378 e. The van der Waals surface area contributed by atoms with Gasteiger partial charge in [0.1, 0.15) is 0 Å². The number of nitrogens with zero attached hydrogens (tertiary/aromatic N) is 1. The normalized spacial score (nSPS) is 14.5. The molecule has 1 aliphatic rings. The molecule has 0 bridgehead atoms. The number of carbonyl (C=O) groups is 1. The average Bonchev–Trinajstić information content (AvgIpc) is 2.67. The van der Waals surface area contributed by atoms with Crippen molar-refractivity contribution >= 4 is 11.6 Å². The van der Waals surface area contributed by atoms with Crippen LogP contribution in [0.3, 0.4) is 0 Å². The van der Waals surface area contributed by atoms with Crippen LogP contribution in [0.5, 0.6) is 0 Å². The van der Waals surface area contributed by atoms with Gasteiger partial charge >= 0.3 is 0 Å². The van der Waals surface area contributed by atoms with Crippen molar-refractivity contribution in [2.45, 2.75) is 13.3 Å². The highest BCUT2D eigenvalue weighted by atomic mass is 16.5. The average molecular weight is 324 g/mol. The van der Waals surface area contributed by atoms with Crippen LogP contribution >= 0.6 is 0 Å². The van der Waals surface area contributed by atoms with Gasteiger partial charge in [-0.15, -0.1) is 0 Å². The molecule has 126 valence electrons. The van der Waals surface area contributed by atoms with E-state index in [9.17, 15) is 4.79 Å². The minimum atomic E-state index is -0.00953. The number of hydrogen-bond donors (Lipinski definition) is 1. The number of anilines is 1. The van der Waals surface area contributed by atoms with Crippen molar-refractivity contribution in [3.8, 4) is 11.1 Å². The standard InChI is InChI=1S/C20H24N2O2/c1-2-11-21-20(23)19-6-4-3-5-18(19)16-7-9-17(10-8-16)22-12-14-24-15-13-22/h3-10H,2,11-15H2,1H3,(H,21,23). The third kappa shape index (κ3) is 3.77. The van der Waals surface area contributed by atoms with E-state index in [1.165, 1.54) is 5.69 Å². The zero-order valence-corrected chi connectivity index (χ0v) is 14.1. The van der Waals surface area contributed by atoms with E-state index < -0.39 is 0 Å². The van der Waals surface area contributed by atoms with Gasteiger partial charge in [0.15, 0.2) is 0 Å². The lowest BCUT2D eigenvalue weighted by atomic mass is 9.98. The molecule has 1 heterocycles. The zero-order chi connectivity index (χ0) is 16.8. The van der Waals surface area contributed by atoms with Gasteiger partial charge in [-0.25, -0.2) is 0 Å². The first kappa shape index (κ1) is 16.5. The van der Waals surface area contributed by atoms with Crippen molar-refractivity contribution < 1.29 is 9.53 Å². The highest BCUT2D eigenvalue weighted by Gasteiger charge is 2.14. The fraction of sp³-hybridized carbons (Fsp3) is 0.350. The molecule has 0 spiro atoms. The summed E-state index contributed by atoms with van der Waals surface area (Å²) in [5.41, 5.74) is 3.97. The molecule has 4 heteroatoms. The Morgan fingerprint density at radius 1 is 1.08 bits per heavy atom. The van der Waals surface area contributed by atoms with Crippen molar-refractivity contribution in [3.63, 3.8) is 0 Å². The van der Waals surface area contributed by atoms with Crippen molar-refractivity contribution in [3.05, 3.63) is 54.1 Å². The van der Waals surface area contributed by atoms with Crippen molar-refractivity contribution in [1.29, 1.82) is 0 Å². The Morgan fingerprint density at radius 2 is 1.79 bits per heavy atom. The first-order valence-electron chi connectivity index (χ1n) is 8.60. The molecule has 0 unspecified atom stereocenters. The van der Waals surface area contributed by atoms with Gasteiger partial charge in [0.25, 0.3) is 5.91 Å². The van der Waals surface area contributed by atoms with Crippen LogP contribution in [0.25, 0.3) is 11.1 Å². The van der Waals surface area contributed by atoms with E-state index in [4.69, 9.17) is 4.74 Å². The molecular formula is C20H24N2O2. The molecule has 0 saturated carbocycles. The lowest BCUT2D eigenvalue weighted by molar-refractivity contribution is 0.0954. The van der Waals surface area contributed by atoms with E-state index in [0.717, 1.165) is 49.4 Å². The molecule has 0 atom stereocenters. The van der Waals surface area contributed by atoms with Gasteiger partial charge in [-0.2, -0.15) is 0 Å². The molecule has 2 aromatic carbocycles. The van der Waals surface area contributed by atoms with Crippen LogP contribution in [-0.2, 0) is 4.74 Å². The second kappa shape index (κ2) is 7.97. The van der Waals surface area contributed by atoms with E-state index in [1.54, 1.807) is 0 Å². The van der Waals surface area contributed by atoms with Gasteiger partial charge in [0.2, 0.25) is 0 Å². The number of amides is 1. The molecule has 1 aliphatic heterocycles. The maximum Gasteiger partial charge on any atom is 0.251 e. The Hall–Kier alpha value is -2.33. The number of rotatable bonds is 5. The monoisotopic (exact) mass is 324 g/mol. The number of ether oxygens (including phenoxy) is 1. The van der Waals surface area contributed by atoms with Crippen LogP contribution in [0.2, 0.25) is 0 Å². The Kier molecular flexibility index (Phi) is 5.49. The van der Waals surface area contributed by atoms with Crippen LogP contribution in [0.1, 0.15) is 23.7 Å². The summed E-state index contributed by atoms with van der Waals surface area (Å²) < 4.78 is 5.40. The summed E-state index contributed by atoms with van der Waals surface area (Å²) in [5.74, 6) is -0.00953. The number of hydrogen-bond acceptors (Lipinski definition) is 3. The molecule has 3 rings (SSSR count). The predicted molar refractivity (Wildman–Crippen MR) is 97.5 cm³/mol. The lowest BCUT2D eigenvalue weighted by Crippen LogP contribution is -2.36. The number of morpholine rings is 1. The molecule has 0 aromatic heterocycles. The van der Waals surface area contributed by atoms with Gasteiger partial charge in [0, 0.05) is 30.9 Å². The molecule has 2 aromatic rings. The van der Waals surface area contributed by atoms with Gasteiger partial charge in [-0.05, 0) is 35.7 Å². The van der Waals surface area contributed by atoms with Crippen molar-refractivity contribution in [1.82, 2.24) is 5.32 Å². The summed E-state index contributed by atoms with van der Waals surface area (Å²) in [7, 11) is 0. The maximum atomic E-state index is 12.4. The fourth-order valence-corrected chi connectivity index (χ4v) is 2.94. The summed E-state index contributed by atoms with van der Waals surface area (Å²) in [6.07, 6.45) is 0.933. The predicted octanol–water partition coefficient (Wildman–Crippen LogP) is 3.33. The third-order valence-corrected chi connectivity index (χ3v) is 4.26. The molecule has 1 saturated heterocycles. The van der Waals surface area contributed by atoms with Gasteiger partial charge in [0.05, 0.1) is 13.2 Å². The first-order chi connectivity index (χ1) is 11.8. The topological polar surface area (TPSA) is 41.6 Å². The highest BCUT2D eigenvalue weighted by Crippen LogP contribution is 2.26. The second-order valence-electron chi connectivity index (χ2n) is 5.95. The SMILES string of the molecule is CCCNC(=O)c1ccccc1-c1ccc(N2CCOCC2)cc1. The number of nitrogens with one attached hydrogen (secondary N) is 1. The summed E-state index contributed by atoms with van der Waals surface area (Å²) >= 11 is 0. The fourth-order valence-electron chi connectivity index (χ4n) is 2.94. The molecule has 4 nitrogen and oxygen atoms in total. The molecular weight excluding hydrogens is 300 g/mol. The Bertz CT molecular complexity index is 676. The molecule has 1 fully saturated rings. The third-order valence-electron chi connectivity index (χ3n) is 4.26. The van der Waals surface area contributed by atoms with Crippen LogP contribution < -0.4 is 10.2 Å². The smallest absolute Gasteiger partial charge is 0.251 e. The highest BCUT2D eigenvalue weighted by molar-refractivity contribution is 6.00. The second-order valence-corrected chi connectivity index (χ2v) is 5.95. The van der Waals surface area contributed by atoms with Crippen LogP contribution in [0, 0.1) is 0 Å². The molecule has 1 N–H and O–H groups in total.